The van der Waals surface area contributed by atoms with Gasteiger partial charge in [0.15, 0.2) is 12.0 Å². The van der Waals surface area contributed by atoms with E-state index in [0.717, 1.165) is 34.4 Å². The van der Waals surface area contributed by atoms with E-state index in [2.05, 4.69) is 4.18 Å². The quantitative estimate of drug-likeness (QED) is 0.236. The van der Waals surface area contributed by atoms with Crippen LogP contribution in [0.25, 0.3) is 11.1 Å². The molecule has 0 aliphatic carbocycles. The molecule has 3 aromatic carbocycles. The molecule has 0 aromatic heterocycles. The number of benzene rings is 3. The van der Waals surface area contributed by atoms with Crippen LogP contribution in [0.3, 0.4) is 0 Å². The molecule has 0 aliphatic rings. The van der Waals surface area contributed by atoms with Crippen LogP contribution in [0.4, 0.5) is 13.2 Å². The lowest BCUT2D eigenvalue weighted by Crippen LogP contribution is -2.28. The summed E-state index contributed by atoms with van der Waals surface area (Å²) >= 11 is 6.06. The summed E-state index contributed by atoms with van der Waals surface area (Å²) in [5.41, 5.74) is -2.49. The van der Waals surface area contributed by atoms with Gasteiger partial charge in [-0.2, -0.15) is 21.6 Å². The normalized spacial score (nSPS) is 11.8. The number of alkyl halides is 3. The second-order valence-electron chi connectivity index (χ2n) is 6.67. The lowest BCUT2D eigenvalue weighted by Gasteiger charge is -2.15. The van der Waals surface area contributed by atoms with Crippen molar-refractivity contribution < 1.29 is 35.3 Å². The van der Waals surface area contributed by atoms with Crippen LogP contribution in [0, 0.1) is 6.92 Å². The van der Waals surface area contributed by atoms with E-state index >= 15 is 0 Å². The molecule has 3 rings (SSSR count). The highest BCUT2D eigenvalue weighted by Crippen LogP contribution is 2.36. The molecule has 0 unspecified atom stereocenters. The molecule has 0 radical (unpaired) electrons. The molecule has 0 amide bonds. The van der Waals surface area contributed by atoms with E-state index in [-0.39, 0.29) is 23.7 Å². The van der Waals surface area contributed by atoms with Crippen LogP contribution in [-0.2, 0) is 16.7 Å². The van der Waals surface area contributed by atoms with Crippen molar-refractivity contribution in [3.63, 3.8) is 0 Å². The number of hydrogen-bond acceptors (Lipinski definition) is 5. The second kappa shape index (κ2) is 9.22. The maximum absolute atomic E-state index is 12.7. The fourth-order valence-electron chi connectivity index (χ4n) is 2.92. The zero-order valence-electron chi connectivity index (χ0n) is 16.5. The minimum Gasteiger partial charge on any atom is -0.487 e. The largest absolute Gasteiger partial charge is 0.534 e. The molecule has 0 saturated heterocycles. The average molecular weight is 485 g/mol. The Morgan fingerprint density at radius 2 is 1.69 bits per heavy atom. The summed E-state index contributed by atoms with van der Waals surface area (Å²) in [6.45, 7) is 1.88. The minimum atomic E-state index is -5.98. The molecule has 10 heteroatoms. The predicted molar refractivity (Wildman–Crippen MR) is 113 cm³/mol. The number of hydrogen-bond donors (Lipinski definition) is 0. The number of carbonyl (C=O) groups excluding carboxylic acids is 1. The topological polar surface area (TPSA) is 69.7 Å². The number of carbonyl (C=O) groups is 1. The van der Waals surface area contributed by atoms with Crippen LogP contribution in [0.5, 0.6) is 11.5 Å². The van der Waals surface area contributed by atoms with Crippen molar-refractivity contribution in [1.82, 2.24) is 0 Å². The van der Waals surface area contributed by atoms with Gasteiger partial charge in [-0.15, -0.1) is 0 Å². The van der Waals surface area contributed by atoms with Crippen LogP contribution >= 0.6 is 11.6 Å². The van der Waals surface area contributed by atoms with Gasteiger partial charge in [-0.05, 0) is 35.2 Å². The first kappa shape index (κ1) is 23.6. The van der Waals surface area contributed by atoms with Gasteiger partial charge in [0, 0.05) is 6.07 Å². The third-order valence-electron chi connectivity index (χ3n) is 4.59. The average Bonchev–Trinajstić information content (AvgIpc) is 2.74. The van der Waals surface area contributed by atoms with Crippen LogP contribution in [0.15, 0.2) is 60.7 Å². The van der Waals surface area contributed by atoms with Gasteiger partial charge in [-0.25, -0.2) is 0 Å². The van der Waals surface area contributed by atoms with E-state index in [4.69, 9.17) is 16.3 Å². The molecule has 0 saturated carbocycles. The van der Waals surface area contributed by atoms with Crippen LogP contribution in [0.2, 0.25) is 5.02 Å². The summed E-state index contributed by atoms with van der Waals surface area (Å²) in [6, 6.07) is 17.0. The van der Waals surface area contributed by atoms with E-state index in [1.54, 1.807) is 6.07 Å². The molecule has 0 spiro atoms. The molecule has 168 valence electrons. The fraction of sp³-hybridized carbons (Fsp3) is 0.136. The van der Waals surface area contributed by atoms with Gasteiger partial charge in [0.1, 0.15) is 12.4 Å². The standard InChI is InChI=1S/C22H16ClF3O5S/c1-14-16(8-5-9-18(14)15-6-3-2-4-7-15)13-30-21-11-20(17(12-27)10-19(21)23)31-32(28,29)22(24,25)26/h2-12H,13H2,1H3. The van der Waals surface area contributed by atoms with Gasteiger partial charge < -0.3 is 8.92 Å². The zero-order chi connectivity index (χ0) is 23.5. The monoisotopic (exact) mass is 484 g/mol. The van der Waals surface area contributed by atoms with Crippen molar-refractivity contribution in [3.8, 4) is 22.6 Å². The Labute approximate surface area is 187 Å². The third-order valence-corrected chi connectivity index (χ3v) is 5.85. The van der Waals surface area contributed by atoms with Crippen molar-refractivity contribution in [3.05, 3.63) is 82.4 Å². The first-order chi connectivity index (χ1) is 15.0. The van der Waals surface area contributed by atoms with Crippen LogP contribution < -0.4 is 8.92 Å². The Balaban J connectivity index is 1.90. The van der Waals surface area contributed by atoms with E-state index in [0.29, 0.717) is 0 Å². The maximum atomic E-state index is 12.7. The Kier molecular flexibility index (Phi) is 6.80. The van der Waals surface area contributed by atoms with Gasteiger partial charge in [-0.3, -0.25) is 4.79 Å². The molecular weight excluding hydrogens is 469 g/mol. The first-order valence-electron chi connectivity index (χ1n) is 9.09. The molecule has 3 aromatic rings. The molecule has 0 N–H and O–H groups in total. The number of aldehydes is 1. The number of rotatable bonds is 7. The zero-order valence-corrected chi connectivity index (χ0v) is 18.1. The SMILES string of the molecule is Cc1c(COc2cc(OS(=O)(=O)C(F)(F)F)c(C=O)cc2Cl)cccc1-c1ccccc1. The Hall–Kier alpha value is -3.04. The smallest absolute Gasteiger partial charge is 0.487 e. The maximum Gasteiger partial charge on any atom is 0.534 e. The highest BCUT2D eigenvalue weighted by atomic mass is 35.5. The van der Waals surface area contributed by atoms with Crippen molar-refractivity contribution in [2.75, 3.05) is 0 Å². The predicted octanol–water partition coefficient (Wildman–Crippen LogP) is 5.94. The van der Waals surface area contributed by atoms with Crippen molar-refractivity contribution in [2.45, 2.75) is 19.0 Å². The third kappa shape index (κ3) is 5.05. The summed E-state index contributed by atoms with van der Waals surface area (Å²) in [4.78, 5) is 11.2. The summed E-state index contributed by atoms with van der Waals surface area (Å²) in [5.74, 6) is -0.986. The van der Waals surface area contributed by atoms with Crippen molar-refractivity contribution >= 4 is 28.0 Å². The van der Waals surface area contributed by atoms with Gasteiger partial charge in [0.2, 0.25) is 0 Å². The summed E-state index contributed by atoms with van der Waals surface area (Å²) in [5, 5.41) is -0.0966. The minimum absolute atomic E-state index is 0.0158. The molecule has 0 heterocycles. The van der Waals surface area contributed by atoms with E-state index in [1.807, 2.05) is 49.4 Å². The van der Waals surface area contributed by atoms with Crippen LogP contribution in [0.1, 0.15) is 21.5 Å². The van der Waals surface area contributed by atoms with Crippen LogP contribution in [-0.4, -0.2) is 20.2 Å². The van der Waals surface area contributed by atoms with E-state index in [1.165, 1.54) is 0 Å². The van der Waals surface area contributed by atoms with Crippen molar-refractivity contribution in [1.29, 1.82) is 0 Å². The Morgan fingerprint density at radius 1 is 1.00 bits per heavy atom. The van der Waals surface area contributed by atoms with Gasteiger partial charge in [0.25, 0.3) is 0 Å². The number of halogens is 4. The Bertz CT molecular complexity index is 1240. The van der Waals surface area contributed by atoms with Gasteiger partial charge in [0.05, 0.1) is 10.6 Å². The molecular formula is C22H16ClF3O5S. The number of ether oxygens (including phenoxy) is 1. The summed E-state index contributed by atoms with van der Waals surface area (Å²) in [6.07, 6.45) is 0.129. The fourth-order valence-corrected chi connectivity index (χ4v) is 3.62. The Morgan fingerprint density at radius 3 is 2.31 bits per heavy atom. The molecule has 0 fully saturated rings. The van der Waals surface area contributed by atoms with Crippen molar-refractivity contribution in [2.24, 2.45) is 0 Å². The highest BCUT2D eigenvalue weighted by Gasteiger charge is 2.48. The lowest BCUT2D eigenvalue weighted by atomic mass is 9.97. The second-order valence-corrected chi connectivity index (χ2v) is 8.61. The molecule has 0 atom stereocenters. The van der Waals surface area contributed by atoms with Gasteiger partial charge >= 0.3 is 15.6 Å². The van der Waals surface area contributed by atoms with E-state index in [9.17, 15) is 26.4 Å². The lowest BCUT2D eigenvalue weighted by molar-refractivity contribution is -0.0500. The molecule has 0 aliphatic heterocycles. The summed E-state index contributed by atoms with van der Waals surface area (Å²) in [7, 11) is -5.98. The highest BCUT2D eigenvalue weighted by molar-refractivity contribution is 7.88. The molecule has 32 heavy (non-hydrogen) atoms. The summed E-state index contributed by atoms with van der Waals surface area (Å²) < 4.78 is 70.4. The van der Waals surface area contributed by atoms with Gasteiger partial charge in [-0.1, -0.05) is 60.1 Å². The molecule has 5 nitrogen and oxygen atoms in total. The molecule has 0 bridgehead atoms. The van der Waals surface area contributed by atoms with E-state index < -0.39 is 26.9 Å². The first-order valence-corrected chi connectivity index (χ1v) is 10.9.